The molecule has 160 valence electrons. The quantitative estimate of drug-likeness (QED) is 0.370. The van der Waals surface area contributed by atoms with Gasteiger partial charge in [0.1, 0.15) is 17.0 Å². The molecule has 0 bridgehead atoms. The van der Waals surface area contributed by atoms with Gasteiger partial charge >= 0.3 is 0 Å². The molecule has 0 saturated heterocycles. The van der Waals surface area contributed by atoms with E-state index >= 15 is 0 Å². The topological polar surface area (TPSA) is 80.6 Å². The summed E-state index contributed by atoms with van der Waals surface area (Å²) in [5.41, 5.74) is 2.31. The molecule has 0 fully saturated rings. The van der Waals surface area contributed by atoms with Crippen molar-refractivity contribution in [3.05, 3.63) is 96.3 Å². The smallest absolute Gasteiger partial charge is 0.293 e. The number of furan rings is 1. The van der Waals surface area contributed by atoms with Crippen LogP contribution < -0.4 is 15.4 Å². The Labute approximate surface area is 185 Å². The molecule has 6 nitrogen and oxygen atoms in total. The van der Waals surface area contributed by atoms with Crippen molar-refractivity contribution in [1.29, 1.82) is 0 Å². The maximum absolute atomic E-state index is 13.0. The van der Waals surface area contributed by atoms with Gasteiger partial charge in [-0.05, 0) is 55.0 Å². The van der Waals surface area contributed by atoms with Gasteiger partial charge in [-0.3, -0.25) is 9.59 Å². The van der Waals surface area contributed by atoms with Gasteiger partial charge in [-0.15, -0.1) is 0 Å². The van der Waals surface area contributed by atoms with Crippen LogP contribution in [0.1, 0.15) is 23.0 Å². The Bertz CT molecular complexity index is 1260. The van der Waals surface area contributed by atoms with Crippen molar-refractivity contribution in [2.24, 2.45) is 0 Å². The third-order valence-corrected chi connectivity index (χ3v) is 4.70. The Morgan fingerprint density at radius 2 is 1.62 bits per heavy atom. The molecule has 2 N–H and O–H groups in total. The summed E-state index contributed by atoms with van der Waals surface area (Å²) in [4.78, 5) is 25.5. The summed E-state index contributed by atoms with van der Waals surface area (Å²) < 4.78 is 11.2. The Morgan fingerprint density at radius 3 is 2.38 bits per heavy atom. The van der Waals surface area contributed by atoms with Crippen molar-refractivity contribution >= 4 is 40.2 Å². The minimum absolute atomic E-state index is 0.0292. The molecule has 0 saturated carbocycles. The Hall–Kier alpha value is -4.32. The number of nitrogens with one attached hydrogen (secondary N) is 2. The van der Waals surface area contributed by atoms with Crippen molar-refractivity contribution in [2.75, 3.05) is 17.2 Å². The van der Waals surface area contributed by atoms with Crippen LogP contribution in [0.15, 0.2) is 89.4 Å². The Kier molecular flexibility index (Phi) is 6.32. The van der Waals surface area contributed by atoms with Gasteiger partial charge in [0.2, 0.25) is 11.7 Å². The summed E-state index contributed by atoms with van der Waals surface area (Å²) in [6.07, 6.45) is 3.13. The number of para-hydroxylation sites is 1. The molecule has 3 aromatic carbocycles. The van der Waals surface area contributed by atoms with Gasteiger partial charge in [-0.25, -0.2) is 0 Å². The van der Waals surface area contributed by atoms with Gasteiger partial charge < -0.3 is 19.8 Å². The molecule has 0 spiro atoms. The molecule has 0 aliphatic rings. The first kappa shape index (κ1) is 20.9. The van der Waals surface area contributed by atoms with Crippen LogP contribution in [0.5, 0.6) is 5.75 Å². The minimum Gasteiger partial charge on any atom is -0.494 e. The van der Waals surface area contributed by atoms with Gasteiger partial charge in [-0.2, -0.15) is 0 Å². The predicted octanol–water partition coefficient (Wildman–Crippen LogP) is 5.74. The monoisotopic (exact) mass is 426 g/mol. The third kappa shape index (κ3) is 4.87. The zero-order valence-corrected chi connectivity index (χ0v) is 17.5. The van der Waals surface area contributed by atoms with Crippen molar-refractivity contribution in [3.63, 3.8) is 0 Å². The van der Waals surface area contributed by atoms with Crippen LogP contribution in [0.2, 0.25) is 0 Å². The summed E-state index contributed by atoms with van der Waals surface area (Å²) in [6, 6.07) is 23.7. The van der Waals surface area contributed by atoms with Crippen LogP contribution in [0.4, 0.5) is 11.4 Å². The summed E-state index contributed by atoms with van der Waals surface area (Å²) in [6.45, 7) is 2.47. The highest BCUT2D eigenvalue weighted by Crippen LogP contribution is 2.31. The minimum atomic E-state index is -0.465. The standard InChI is InChI=1S/C26H22N2O4/c1-2-31-20-15-13-19(14-16-20)27-26(30)25-24(21-10-6-7-11-22(21)32-25)28-23(29)17-12-18-8-4-3-5-9-18/h3-17H,2H2,1H3,(H,27,30)(H,28,29). The van der Waals surface area contributed by atoms with E-state index in [1.807, 2.05) is 43.3 Å². The number of ether oxygens (including phenoxy) is 1. The van der Waals surface area contributed by atoms with Crippen molar-refractivity contribution < 1.29 is 18.7 Å². The predicted molar refractivity (Wildman–Crippen MR) is 126 cm³/mol. The maximum atomic E-state index is 13.0. The fraction of sp³-hybridized carbons (Fsp3) is 0.0769. The molecule has 0 atom stereocenters. The largest absolute Gasteiger partial charge is 0.494 e. The van der Waals surface area contributed by atoms with Crippen molar-refractivity contribution in [1.82, 2.24) is 0 Å². The van der Waals surface area contributed by atoms with E-state index in [4.69, 9.17) is 9.15 Å². The molecule has 1 aromatic heterocycles. The third-order valence-electron chi connectivity index (χ3n) is 4.70. The fourth-order valence-corrected chi connectivity index (χ4v) is 3.22. The van der Waals surface area contributed by atoms with Gasteiger partial charge in [0, 0.05) is 17.1 Å². The summed E-state index contributed by atoms with van der Waals surface area (Å²) >= 11 is 0. The summed E-state index contributed by atoms with van der Waals surface area (Å²) in [7, 11) is 0. The number of carbonyl (C=O) groups excluding carboxylic acids is 2. The lowest BCUT2D eigenvalue weighted by Gasteiger charge is -2.07. The normalized spacial score (nSPS) is 10.9. The van der Waals surface area contributed by atoms with Gasteiger partial charge in [0.05, 0.1) is 6.61 Å². The average Bonchev–Trinajstić information content (AvgIpc) is 3.18. The van der Waals surface area contributed by atoms with Gasteiger partial charge in [0.25, 0.3) is 5.91 Å². The second-order valence-electron chi connectivity index (χ2n) is 6.95. The van der Waals surface area contributed by atoms with E-state index < -0.39 is 5.91 Å². The Morgan fingerprint density at radius 1 is 0.906 bits per heavy atom. The van der Waals surface area contributed by atoms with E-state index in [2.05, 4.69) is 10.6 Å². The lowest BCUT2D eigenvalue weighted by molar-refractivity contribution is -0.111. The van der Waals surface area contributed by atoms with Crippen LogP contribution in [0.3, 0.4) is 0 Å². The highest BCUT2D eigenvalue weighted by Gasteiger charge is 2.22. The molecule has 2 amide bonds. The molecule has 4 rings (SSSR count). The number of hydrogen-bond donors (Lipinski definition) is 2. The average molecular weight is 426 g/mol. The van der Waals surface area contributed by atoms with Crippen LogP contribution in [-0.4, -0.2) is 18.4 Å². The molecule has 4 aromatic rings. The van der Waals surface area contributed by atoms with Gasteiger partial charge in [0.15, 0.2) is 0 Å². The lowest BCUT2D eigenvalue weighted by Crippen LogP contribution is -2.15. The molecule has 0 radical (unpaired) electrons. The number of anilines is 2. The number of benzene rings is 3. The van der Waals surface area contributed by atoms with Crippen LogP contribution in [0, 0.1) is 0 Å². The van der Waals surface area contributed by atoms with E-state index in [0.29, 0.717) is 34.7 Å². The molecule has 32 heavy (non-hydrogen) atoms. The maximum Gasteiger partial charge on any atom is 0.293 e. The highest BCUT2D eigenvalue weighted by molar-refractivity contribution is 6.16. The number of rotatable bonds is 7. The van der Waals surface area contributed by atoms with E-state index in [-0.39, 0.29) is 11.7 Å². The Balaban J connectivity index is 1.57. The van der Waals surface area contributed by atoms with E-state index in [9.17, 15) is 9.59 Å². The first-order valence-electron chi connectivity index (χ1n) is 10.2. The van der Waals surface area contributed by atoms with E-state index in [0.717, 1.165) is 5.56 Å². The number of fused-ring (bicyclic) bond motifs is 1. The van der Waals surface area contributed by atoms with Crippen molar-refractivity contribution in [2.45, 2.75) is 6.92 Å². The van der Waals surface area contributed by atoms with E-state index in [1.165, 1.54) is 6.08 Å². The molecular formula is C26H22N2O4. The molecular weight excluding hydrogens is 404 g/mol. The van der Waals surface area contributed by atoms with Crippen LogP contribution in [-0.2, 0) is 4.79 Å². The van der Waals surface area contributed by atoms with Gasteiger partial charge in [-0.1, -0.05) is 42.5 Å². The van der Waals surface area contributed by atoms with Crippen molar-refractivity contribution in [3.8, 4) is 5.75 Å². The zero-order chi connectivity index (χ0) is 22.3. The SMILES string of the molecule is CCOc1ccc(NC(=O)c2oc3ccccc3c2NC(=O)C=Cc2ccccc2)cc1. The van der Waals surface area contributed by atoms with Crippen LogP contribution >= 0.6 is 0 Å². The molecule has 0 aliphatic heterocycles. The first-order chi connectivity index (χ1) is 15.6. The lowest BCUT2D eigenvalue weighted by atomic mass is 10.2. The van der Waals surface area contributed by atoms with Crippen LogP contribution in [0.25, 0.3) is 17.0 Å². The second kappa shape index (κ2) is 9.66. The zero-order valence-electron chi connectivity index (χ0n) is 17.5. The summed E-state index contributed by atoms with van der Waals surface area (Å²) in [5.74, 6) is -0.0860. The molecule has 6 heteroatoms. The number of carbonyl (C=O) groups is 2. The summed E-state index contributed by atoms with van der Waals surface area (Å²) in [5, 5.41) is 6.24. The second-order valence-corrected chi connectivity index (χ2v) is 6.95. The highest BCUT2D eigenvalue weighted by atomic mass is 16.5. The molecule has 1 heterocycles. The molecule has 0 aliphatic carbocycles. The first-order valence-corrected chi connectivity index (χ1v) is 10.2. The fourth-order valence-electron chi connectivity index (χ4n) is 3.22. The number of hydrogen-bond acceptors (Lipinski definition) is 4. The van der Waals surface area contributed by atoms with E-state index in [1.54, 1.807) is 48.5 Å². The number of amides is 2. The molecule has 0 unspecified atom stereocenters.